The second-order valence-corrected chi connectivity index (χ2v) is 5.84. The molecular formula is C17H28N2O. The van der Waals surface area contributed by atoms with Crippen molar-refractivity contribution in [1.29, 1.82) is 0 Å². The van der Waals surface area contributed by atoms with Crippen molar-refractivity contribution in [3.8, 4) is 5.75 Å². The highest BCUT2D eigenvalue weighted by Gasteiger charge is 2.27. The maximum absolute atomic E-state index is 5.94. The first-order chi connectivity index (χ1) is 9.74. The van der Waals surface area contributed by atoms with Gasteiger partial charge in [0, 0.05) is 12.6 Å². The Morgan fingerprint density at radius 1 is 1.30 bits per heavy atom. The molecule has 112 valence electrons. The summed E-state index contributed by atoms with van der Waals surface area (Å²) in [5.41, 5.74) is 7.26. The van der Waals surface area contributed by atoms with E-state index in [2.05, 4.69) is 30.1 Å². The molecule has 1 saturated carbocycles. The van der Waals surface area contributed by atoms with Crippen molar-refractivity contribution >= 4 is 0 Å². The van der Waals surface area contributed by atoms with Crippen LogP contribution in [-0.4, -0.2) is 31.1 Å². The van der Waals surface area contributed by atoms with E-state index >= 15 is 0 Å². The van der Waals surface area contributed by atoms with E-state index in [1.807, 2.05) is 13.0 Å². The predicted molar refractivity (Wildman–Crippen MR) is 83.9 cm³/mol. The van der Waals surface area contributed by atoms with E-state index in [0.717, 1.165) is 25.4 Å². The van der Waals surface area contributed by atoms with Crippen LogP contribution in [0.1, 0.15) is 38.2 Å². The lowest BCUT2D eigenvalue weighted by Crippen LogP contribution is -2.42. The third kappa shape index (κ3) is 3.97. The molecule has 3 nitrogen and oxygen atoms in total. The first-order valence-electron chi connectivity index (χ1n) is 7.86. The van der Waals surface area contributed by atoms with E-state index in [9.17, 15) is 0 Å². The first kappa shape index (κ1) is 15.3. The number of benzene rings is 1. The van der Waals surface area contributed by atoms with E-state index in [-0.39, 0.29) is 0 Å². The van der Waals surface area contributed by atoms with Gasteiger partial charge in [-0.1, -0.05) is 25.0 Å². The number of nitrogens with two attached hydrogens (primary N) is 1. The van der Waals surface area contributed by atoms with Gasteiger partial charge in [0.25, 0.3) is 0 Å². The average Bonchev–Trinajstić information content (AvgIpc) is 2.48. The maximum atomic E-state index is 5.94. The molecule has 2 atom stereocenters. The Bertz CT molecular complexity index is 408. The molecule has 2 unspecified atom stereocenters. The molecule has 3 heteroatoms. The van der Waals surface area contributed by atoms with Gasteiger partial charge in [0.15, 0.2) is 0 Å². The smallest absolute Gasteiger partial charge is 0.119 e. The van der Waals surface area contributed by atoms with Gasteiger partial charge in [-0.15, -0.1) is 0 Å². The monoisotopic (exact) mass is 276 g/mol. The minimum absolute atomic E-state index is 0.629. The molecule has 0 amide bonds. The van der Waals surface area contributed by atoms with Gasteiger partial charge in [-0.25, -0.2) is 0 Å². The quantitative estimate of drug-likeness (QED) is 0.868. The van der Waals surface area contributed by atoms with Crippen molar-refractivity contribution in [2.45, 2.75) is 45.2 Å². The molecule has 0 aromatic heterocycles. The number of hydrogen-bond donors (Lipinski definition) is 1. The molecule has 1 fully saturated rings. The van der Waals surface area contributed by atoms with Crippen LogP contribution in [0.4, 0.5) is 0 Å². The highest BCUT2D eigenvalue weighted by molar-refractivity contribution is 5.28. The second kappa shape index (κ2) is 7.65. The summed E-state index contributed by atoms with van der Waals surface area (Å²) in [6.45, 7) is 4.53. The van der Waals surface area contributed by atoms with Gasteiger partial charge in [-0.3, -0.25) is 4.90 Å². The Morgan fingerprint density at radius 2 is 2.10 bits per heavy atom. The number of hydrogen-bond acceptors (Lipinski definition) is 3. The van der Waals surface area contributed by atoms with E-state index in [4.69, 9.17) is 10.5 Å². The fraction of sp³-hybridized carbons (Fsp3) is 0.647. The summed E-state index contributed by atoms with van der Waals surface area (Å²) in [5, 5.41) is 0. The molecule has 1 aliphatic carbocycles. The molecule has 20 heavy (non-hydrogen) atoms. The third-order valence-corrected chi connectivity index (χ3v) is 4.38. The van der Waals surface area contributed by atoms with Crippen molar-refractivity contribution in [1.82, 2.24) is 4.90 Å². The summed E-state index contributed by atoms with van der Waals surface area (Å²) in [5.74, 6) is 1.63. The Labute approximate surface area is 123 Å². The van der Waals surface area contributed by atoms with Crippen LogP contribution < -0.4 is 10.5 Å². The number of rotatable bonds is 6. The summed E-state index contributed by atoms with van der Waals surface area (Å²) in [6.07, 6.45) is 5.24. The molecule has 0 spiro atoms. The number of ether oxygens (including phenoxy) is 1. The molecule has 2 N–H and O–H groups in total. The van der Waals surface area contributed by atoms with Gasteiger partial charge in [0.1, 0.15) is 5.75 Å². The van der Waals surface area contributed by atoms with E-state index < -0.39 is 0 Å². The zero-order chi connectivity index (χ0) is 14.4. The topological polar surface area (TPSA) is 38.5 Å². The molecule has 1 aromatic rings. The SMILES string of the molecule is CCOc1cccc(CN(C)C2CCCCC2CN)c1. The van der Waals surface area contributed by atoms with Gasteiger partial charge in [-0.05, 0) is 57.0 Å². The Morgan fingerprint density at radius 3 is 2.85 bits per heavy atom. The highest BCUT2D eigenvalue weighted by Crippen LogP contribution is 2.28. The van der Waals surface area contributed by atoms with Crippen LogP contribution in [0.3, 0.4) is 0 Å². The lowest BCUT2D eigenvalue weighted by molar-refractivity contribution is 0.127. The van der Waals surface area contributed by atoms with Crippen LogP contribution in [0, 0.1) is 5.92 Å². The number of nitrogens with zero attached hydrogens (tertiary/aromatic N) is 1. The van der Waals surface area contributed by atoms with Crippen LogP contribution in [0.5, 0.6) is 5.75 Å². The van der Waals surface area contributed by atoms with Crippen molar-refractivity contribution in [3.05, 3.63) is 29.8 Å². The molecule has 0 saturated heterocycles. The molecular weight excluding hydrogens is 248 g/mol. The third-order valence-electron chi connectivity index (χ3n) is 4.38. The van der Waals surface area contributed by atoms with Gasteiger partial charge in [0.05, 0.1) is 6.61 Å². The van der Waals surface area contributed by atoms with Crippen LogP contribution in [0.2, 0.25) is 0 Å². The summed E-state index contributed by atoms with van der Waals surface area (Å²) >= 11 is 0. The summed E-state index contributed by atoms with van der Waals surface area (Å²) in [7, 11) is 2.23. The maximum Gasteiger partial charge on any atom is 0.119 e. The minimum atomic E-state index is 0.629. The molecule has 0 heterocycles. The van der Waals surface area contributed by atoms with Crippen molar-refractivity contribution in [2.24, 2.45) is 11.7 Å². The van der Waals surface area contributed by atoms with Crippen molar-refractivity contribution < 1.29 is 4.74 Å². The Kier molecular flexibility index (Phi) is 5.86. The Balaban J connectivity index is 1.99. The van der Waals surface area contributed by atoms with Crippen LogP contribution >= 0.6 is 0 Å². The first-order valence-corrected chi connectivity index (χ1v) is 7.86. The molecule has 0 radical (unpaired) electrons. The molecule has 0 aliphatic heterocycles. The Hall–Kier alpha value is -1.06. The van der Waals surface area contributed by atoms with Gasteiger partial charge >= 0.3 is 0 Å². The van der Waals surface area contributed by atoms with Crippen molar-refractivity contribution in [2.75, 3.05) is 20.2 Å². The lowest BCUT2D eigenvalue weighted by atomic mass is 9.83. The summed E-state index contributed by atoms with van der Waals surface area (Å²) in [4.78, 5) is 2.47. The normalized spacial score (nSPS) is 23.0. The van der Waals surface area contributed by atoms with E-state index in [0.29, 0.717) is 12.0 Å². The molecule has 2 rings (SSSR count). The fourth-order valence-corrected chi connectivity index (χ4v) is 3.35. The van der Waals surface area contributed by atoms with Crippen molar-refractivity contribution in [3.63, 3.8) is 0 Å². The largest absolute Gasteiger partial charge is 0.494 e. The second-order valence-electron chi connectivity index (χ2n) is 5.84. The van der Waals surface area contributed by atoms with E-state index in [1.54, 1.807) is 0 Å². The van der Waals surface area contributed by atoms with Gasteiger partial charge in [0.2, 0.25) is 0 Å². The fourth-order valence-electron chi connectivity index (χ4n) is 3.35. The standard InChI is InChI=1S/C17H28N2O/c1-3-20-16-9-6-7-14(11-16)13-19(2)17-10-5-4-8-15(17)12-18/h6-7,9,11,15,17H,3-5,8,10,12-13,18H2,1-2H3. The predicted octanol–water partition coefficient (Wildman–Crippen LogP) is 3.03. The average molecular weight is 276 g/mol. The minimum Gasteiger partial charge on any atom is -0.494 e. The van der Waals surface area contributed by atoms with Gasteiger partial charge in [-0.2, -0.15) is 0 Å². The highest BCUT2D eigenvalue weighted by atomic mass is 16.5. The van der Waals surface area contributed by atoms with E-state index in [1.165, 1.54) is 31.2 Å². The molecule has 0 bridgehead atoms. The molecule has 1 aliphatic rings. The summed E-state index contributed by atoms with van der Waals surface area (Å²) < 4.78 is 5.58. The zero-order valence-electron chi connectivity index (χ0n) is 12.8. The zero-order valence-corrected chi connectivity index (χ0v) is 12.8. The summed E-state index contributed by atoms with van der Waals surface area (Å²) in [6, 6.07) is 9.07. The lowest BCUT2D eigenvalue weighted by Gasteiger charge is -2.37. The van der Waals surface area contributed by atoms with Crippen LogP contribution in [-0.2, 0) is 6.54 Å². The van der Waals surface area contributed by atoms with Crippen LogP contribution in [0.25, 0.3) is 0 Å². The van der Waals surface area contributed by atoms with Crippen LogP contribution in [0.15, 0.2) is 24.3 Å². The molecule has 1 aromatic carbocycles. The van der Waals surface area contributed by atoms with Gasteiger partial charge < -0.3 is 10.5 Å².